The topological polar surface area (TPSA) is 37.4 Å². The molecule has 0 saturated carbocycles. The SMILES string of the molecule is CC(CC(=O)c1ccc(Br)cc1)C(C)C(=O)N1CCCC1. The zero-order valence-corrected chi connectivity index (χ0v) is 14.2. The van der Waals surface area contributed by atoms with Crippen LogP contribution >= 0.6 is 15.9 Å². The summed E-state index contributed by atoms with van der Waals surface area (Å²) in [5.74, 6) is 0.274. The van der Waals surface area contributed by atoms with Crippen molar-refractivity contribution < 1.29 is 9.59 Å². The molecule has 21 heavy (non-hydrogen) atoms. The van der Waals surface area contributed by atoms with Crippen molar-refractivity contribution in [2.45, 2.75) is 33.1 Å². The van der Waals surface area contributed by atoms with Gasteiger partial charge in [-0.1, -0.05) is 41.9 Å². The van der Waals surface area contributed by atoms with Gasteiger partial charge < -0.3 is 4.90 Å². The van der Waals surface area contributed by atoms with Gasteiger partial charge in [0.2, 0.25) is 5.91 Å². The Bertz CT molecular complexity index is 506. The molecule has 1 aliphatic heterocycles. The van der Waals surface area contributed by atoms with Gasteiger partial charge in [0.05, 0.1) is 0 Å². The Kier molecular flexibility index (Phi) is 5.57. The fraction of sp³-hybridized carbons (Fsp3) is 0.529. The molecular formula is C17H22BrNO2. The Morgan fingerprint density at radius 1 is 1.14 bits per heavy atom. The third-order valence-electron chi connectivity index (χ3n) is 4.33. The van der Waals surface area contributed by atoms with Crippen LogP contribution in [0, 0.1) is 11.8 Å². The average Bonchev–Trinajstić information content (AvgIpc) is 3.00. The van der Waals surface area contributed by atoms with Crippen molar-refractivity contribution in [1.82, 2.24) is 4.90 Å². The van der Waals surface area contributed by atoms with Crippen molar-refractivity contribution in [2.24, 2.45) is 11.8 Å². The molecule has 2 rings (SSSR count). The van der Waals surface area contributed by atoms with E-state index in [1.807, 2.05) is 43.0 Å². The molecule has 0 aliphatic carbocycles. The standard InChI is InChI=1S/C17H22BrNO2/c1-12(13(2)17(21)19-9-3-4-10-19)11-16(20)14-5-7-15(18)8-6-14/h5-8,12-13H,3-4,9-11H2,1-2H3. The molecule has 0 bridgehead atoms. The number of likely N-dealkylation sites (tertiary alicyclic amines) is 1. The molecule has 2 unspecified atom stereocenters. The molecular weight excluding hydrogens is 330 g/mol. The van der Waals surface area contributed by atoms with Crippen LogP contribution in [0.3, 0.4) is 0 Å². The predicted molar refractivity (Wildman–Crippen MR) is 87.2 cm³/mol. The predicted octanol–water partition coefficient (Wildman–Crippen LogP) is 3.92. The van der Waals surface area contributed by atoms with Crippen LogP contribution in [-0.2, 0) is 4.79 Å². The van der Waals surface area contributed by atoms with Crippen LogP contribution in [0.5, 0.6) is 0 Å². The highest BCUT2D eigenvalue weighted by atomic mass is 79.9. The van der Waals surface area contributed by atoms with Crippen LogP contribution in [0.4, 0.5) is 0 Å². The number of carbonyl (C=O) groups excluding carboxylic acids is 2. The Balaban J connectivity index is 1.93. The molecule has 0 N–H and O–H groups in total. The number of hydrogen-bond acceptors (Lipinski definition) is 2. The van der Waals surface area contributed by atoms with Crippen LogP contribution < -0.4 is 0 Å². The summed E-state index contributed by atoms with van der Waals surface area (Å²) in [6, 6.07) is 7.39. The van der Waals surface area contributed by atoms with E-state index in [-0.39, 0.29) is 23.5 Å². The van der Waals surface area contributed by atoms with Gasteiger partial charge in [0.1, 0.15) is 0 Å². The van der Waals surface area contributed by atoms with Gasteiger partial charge in [-0.2, -0.15) is 0 Å². The smallest absolute Gasteiger partial charge is 0.225 e. The lowest BCUT2D eigenvalue weighted by molar-refractivity contribution is -0.135. The fourth-order valence-corrected chi connectivity index (χ4v) is 2.96. The summed E-state index contributed by atoms with van der Waals surface area (Å²) in [7, 11) is 0. The lowest BCUT2D eigenvalue weighted by Crippen LogP contribution is -2.35. The van der Waals surface area contributed by atoms with Crippen LogP contribution in [0.25, 0.3) is 0 Å². The molecule has 1 heterocycles. The van der Waals surface area contributed by atoms with Crippen molar-refractivity contribution in [3.8, 4) is 0 Å². The molecule has 4 heteroatoms. The summed E-state index contributed by atoms with van der Waals surface area (Å²) < 4.78 is 0.963. The van der Waals surface area contributed by atoms with Crippen LogP contribution in [0.1, 0.15) is 43.5 Å². The molecule has 3 nitrogen and oxygen atoms in total. The Hall–Kier alpha value is -1.16. The van der Waals surface area contributed by atoms with Crippen molar-refractivity contribution in [3.05, 3.63) is 34.3 Å². The number of amides is 1. The van der Waals surface area contributed by atoms with E-state index in [0.717, 1.165) is 30.4 Å². The maximum absolute atomic E-state index is 12.4. The maximum Gasteiger partial charge on any atom is 0.225 e. The first-order chi connectivity index (χ1) is 9.99. The van der Waals surface area contributed by atoms with Crippen LogP contribution in [0.2, 0.25) is 0 Å². The third kappa shape index (κ3) is 4.16. The van der Waals surface area contributed by atoms with Gasteiger partial charge in [-0.15, -0.1) is 0 Å². The van der Waals surface area contributed by atoms with Crippen molar-refractivity contribution in [2.75, 3.05) is 13.1 Å². The Labute approximate surface area is 134 Å². The Morgan fingerprint density at radius 2 is 1.71 bits per heavy atom. The second-order valence-corrected chi connectivity index (χ2v) is 6.85. The first-order valence-corrected chi connectivity index (χ1v) is 8.36. The minimum atomic E-state index is -0.0949. The summed E-state index contributed by atoms with van der Waals surface area (Å²) in [6.07, 6.45) is 2.62. The van der Waals surface area contributed by atoms with Gasteiger partial charge in [0.15, 0.2) is 5.78 Å². The van der Waals surface area contributed by atoms with Crippen molar-refractivity contribution in [1.29, 1.82) is 0 Å². The first kappa shape index (κ1) is 16.2. The first-order valence-electron chi connectivity index (χ1n) is 7.56. The van der Waals surface area contributed by atoms with E-state index < -0.39 is 0 Å². The highest BCUT2D eigenvalue weighted by molar-refractivity contribution is 9.10. The largest absolute Gasteiger partial charge is 0.342 e. The lowest BCUT2D eigenvalue weighted by Gasteiger charge is -2.24. The van der Waals surface area contributed by atoms with Gasteiger partial charge in [-0.3, -0.25) is 9.59 Å². The summed E-state index contributed by atoms with van der Waals surface area (Å²) in [6.45, 7) is 5.68. The van der Waals surface area contributed by atoms with E-state index in [1.54, 1.807) is 0 Å². The van der Waals surface area contributed by atoms with Crippen LogP contribution in [-0.4, -0.2) is 29.7 Å². The zero-order chi connectivity index (χ0) is 15.4. The average molecular weight is 352 g/mol. The van der Waals surface area contributed by atoms with E-state index in [9.17, 15) is 9.59 Å². The minimum Gasteiger partial charge on any atom is -0.342 e. The molecule has 1 fully saturated rings. The lowest BCUT2D eigenvalue weighted by atomic mass is 9.88. The normalized spacial score (nSPS) is 17.6. The zero-order valence-electron chi connectivity index (χ0n) is 12.6. The van der Waals surface area contributed by atoms with Crippen LogP contribution in [0.15, 0.2) is 28.7 Å². The van der Waals surface area contributed by atoms with E-state index in [2.05, 4.69) is 15.9 Å². The fourth-order valence-electron chi connectivity index (χ4n) is 2.69. The number of nitrogens with zero attached hydrogens (tertiary/aromatic N) is 1. The molecule has 114 valence electrons. The van der Waals surface area contributed by atoms with Crippen molar-refractivity contribution in [3.63, 3.8) is 0 Å². The number of hydrogen-bond donors (Lipinski definition) is 0. The number of carbonyl (C=O) groups is 2. The monoisotopic (exact) mass is 351 g/mol. The summed E-state index contributed by atoms with van der Waals surface area (Å²) >= 11 is 3.36. The minimum absolute atomic E-state index is 0.0641. The number of Topliss-reactive ketones (excluding diaryl/α,β-unsaturated/α-hetero) is 1. The molecule has 1 aromatic carbocycles. The molecule has 1 saturated heterocycles. The quantitative estimate of drug-likeness (QED) is 0.754. The molecule has 0 radical (unpaired) electrons. The third-order valence-corrected chi connectivity index (χ3v) is 4.86. The van der Waals surface area contributed by atoms with Gasteiger partial charge in [0.25, 0.3) is 0 Å². The van der Waals surface area contributed by atoms with Gasteiger partial charge in [-0.05, 0) is 30.9 Å². The summed E-state index contributed by atoms with van der Waals surface area (Å²) in [5.41, 5.74) is 0.714. The van der Waals surface area contributed by atoms with Gasteiger partial charge in [0, 0.05) is 35.5 Å². The molecule has 1 amide bonds. The number of rotatable bonds is 5. The highest BCUT2D eigenvalue weighted by Crippen LogP contribution is 2.22. The van der Waals surface area contributed by atoms with Crippen molar-refractivity contribution >= 4 is 27.6 Å². The molecule has 2 atom stereocenters. The summed E-state index contributed by atoms with van der Waals surface area (Å²) in [4.78, 5) is 26.6. The molecule has 1 aromatic rings. The Morgan fingerprint density at radius 3 is 2.29 bits per heavy atom. The maximum atomic E-state index is 12.4. The number of ketones is 1. The second kappa shape index (κ2) is 7.21. The second-order valence-electron chi connectivity index (χ2n) is 5.93. The highest BCUT2D eigenvalue weighted by Gasteiger charge is 2.28. The number of halogens is 1. The molecule has 0 aromatic heterocycles. The number of benzene rings is 1. The summed E-state index contributed by atoms with van der Waals surface area (Å²) in [5, 5.41) is 0. The van der Waals surface area contributed by atoms with E-state index >= 15 is 0 Å². The van der Waals surface area contributed by atoms with E-state index in [0.29, 0.717) is 12.0 Å². The molecule has 0 spiro atoms. The van der Waals surface area contributed by atoms with E-state index in [1.165, 1.54) is 0 Å². The van der Waals surface area contributed by atoms with Gasteiger partial charge in [-0.25, -0.2) is 0 Å². The van der Waals surface area contributed by atoms with Gasteiger partial charge >= 0.3 is 0 Å². The van der Waals surface area contributed by atoms with E-state index in [4.69, 9.17) is 0 Å². The molecule has 1 aliphatic rings.